The molecule has 0 heterocycles. The lowest BCUT2D eigenvalue weighted by Crippen LogP contribution is -2.20. The highest BCUT2D eigenvalue weighted by Gasteiger charge is 2.10. The van der Waals surface area contributed by atoms with Gasteiger partial charge in [-0.3, -0.25) is 0 Å². The third-order valence-corrected chi connectivity index (χ3v) is 3.59. The van der Waals surface area contributed by atoms with Gasteiger partial charge in [0.1, 0.15) is 0 Å². The van der Waals surface area contributed by atoms with E-state index in [2.05, 4.69) is 26.6 Å². The molecule has 108 valence electrons. The molecule has 2 aromatic carbocycles. The summed E-state index contributed by atoms with van der Waals surface area (Å²) in [5.74, 6) is -1.08. The second kappa shape index (κ2) is 6.60. The molecular formula is C14H10BrClN2O3. The summed E-state index contributed by atoms with van der Waals surface area (Å²) in [5, 5.41) is 14.2. The van der Waals surface area contributed by atoms with Crippen LogP contribution in [0.2, 0.25) is 5.02 Å². The standard InChI is InChI=1S/C14H10BrClN2O3/c15-9-3-1-2-4-11(9)17-14(21)18-12-6-5-8(13(19)20)7-10(12)16/h1-7H,(H,19,20)(H2,17,18,21). The van der Waals surface area contributed by atoms with Gasteiger partial charge in [-0.25, -0.2) is 9.59 Å². The first-order valence-electron chi connectivity index (χ1n) is 5.83. The van der Waals surface area contributed by atoms with Gasteiger partial charge in [0.05, 0.1) is 22.0 Å². The van der Waals surface area contributed by atoms with E-state index in [4.69, 9.17) is 16.7 Å². The van der Waals surface area contributed by atoms with E-state index >= 15 is 0 Å². The Balaban J connectivity index is 2.10. The first-order valence-corrected chi connectivity index (χ1v) is 7.00. The summed E-state index contributed by atoms with van der Waals surface area (Å²) in [6.45, 7) is 0. The molecule has 0 spiro atoms. The van der Waals surface area contributed by atoms with Crippen LogP contribution >= 0.6 is 27.5 Å². The van der Waals surface area contributed by atoms with Crippen LogP contribution in [0.15, 0.2) is 46.9 Å². The number of anilines is 2. The molecule has 0 aliphatic carbocycles. The van der Waals surface area contributed by atoms with E-state index in [-0.39, 0.29) is 10.6 Å². The van der Waals surface area contributed by atoms with Crippen molar-refractivity contribution in [2.45, 2.75) is 0 Å². The van der Waals surface area contributed by atoms with E-state index in [0.29, 0.717) is 11.4 Å². The molecule has 0 atom stereocenters. The fraction of sp³-hybridized carbons (Fsp3) is 0. The Morgan fingerprint density at radius 3 is 2.33 bits per heavy atom. The molecule has 0 saturated heterocycles. The summed E-state index contributed by atoms with van der Waals surface area (Å²) < 4.78 is 0.743. The fourth-order valence-electron chi connectivity index (χ4n) is 1.59. The Hall–Kier alpha value is -2.05. The second-order valence-corrected chi connectivity index (χ2v) is 5.32. The zero-order valence-electron chi connectivity index (χ0n) is 10.6. The maximum atomic E-state index is 11.9. The summed E-state index contributed by atoms with van der Waals surface area (Å²) in [4.78, 5) is 22.7. The molecular weight excluding hydrogens is 360 g/mol. The lowest BCUT2D eigenvalue weighted by Gasteiger charge is -2.10. The van der Waals surface area contributed by atoms with E-state index < -0.39 is 12.0 Å². The van der Waals surface area contributed by atoms with E-state index in [1.54, 1.807) is 18.2 Å². The van der Waals surface area contributed by atoms with E-state index in [1.807, 2.05) is 6.07 Å². The van der Waals surface area contributed by atoms with Crippen LogP contribution in [0.25, 0.3) is 0 Å². The molecule has 0 radical (unpaired) electrons. The number of hydrogen-bond donors (Lipinski definition) is 3. The van der Waals surface area contributed by atoms with Crippen molar-refractivity contribution in [3.05, 3.63) is 57.5 Å². The fourth-order valence-corrected chi connectivity index (χ4v) is 2.20. The molecule has 3 N–H and O–H groups in total. The lowest BCUT2D eigenvalue weighted by molar-refractivity contribution is 0.0697. The number of para-hydroxylation sites is 1. The quantitative estimate of drug-likeness (QED) is 0.748. The molecule has 0 fully saturated rings. The molecule has 0 bridgehead atoms. The number of carbonyl (C=O) groups is 2. The molecule has 2 aromatic rings. The van der Waals surface area contributed by atoms with E-state index in [1.165, 1.54) is 18.2 Å². The van der Waals surface area contributed by atoms with Crippen molar-refractivity contribution in [1.29, 1.82) is 0 Å². The summed E-state index contributed by atoms with van der Waals surface area (Å²) in [7, 11) is 0. The predicted molar refractivity (Wildman–Crippen MR) is 85.2 cm³/mol. The first-order chi connectivity index (χ1) is 9.97. The van der Waals surface area contributed by atoms with E-state index in [9.17, 15) is 9.59 Å². The highest BCUT2D eigenvalue weighted by molar-refractivity contribution is 9.10. The molecule has 0 aromatic heterocycles. The Bertz CT molecular complexity index is 706. The van der Waals surface area contributed by atoms with Crippen LogP contribution in [0.4, 0.5) is 16.2 Å². The number of amides is 2. The van der Waals surface area contributed by atoms with Crippen LogP contribution in [-0.2, 0) is 0 Å². The highest BCUT2D eigenvalue weighted by Crippen LogP contribution is 2.24. The summed E-state index contributed by atoms with van der Waals surface area (Å²) in [6, 6.07) is 10.7. The second-order valence-electron chi connectivity index (χ2n) is 4.06. The van der Waals surface area contributed by atoms with Crippen LogP contribution < -0.4 is 10.6 Å². The van der Waals surface area contributed by atoms with Crippen molar-refractivity contribution in [3.8, 4) is 0 Å². The SMILES string of the molecule is O=C(Nc1ccc(C(=O)O)cc1Cl)Nc1ccccc1Br. The number of carboxylic acids is 1. The summed E-state index contributed by atoms with van der Waals surface area (Å²) in [5.41, 5.74) is 0.983. The molecule has 21 heavy (non-hydrogen) atoms. The monoisotopic (exact) mass is 368 g/mol. The van der Waals surface area contributed by atoms with Crippen LogP contribution in [0.3, 0.4) is 0 Å². The number of hydrogen-bond acceptors (Lipinski definition) is 2. The first kappa shape index (κ1) is 15.3. The van der Waals surface area contributed by atoms with Crippen molar-refractivity contribution in [1.82, 2.24) is 0 Å². The van der Waals surface area contributed by atoms with Gasteiger partial charge in [0, 0.05) is 4.47 Å². The van der Waals surface area contributed by atoms with Crippen molar-refractivity contribution < 1.29 is 14.7 Å². The molecule has 0 saturated carbocycles. The zero-order chi connectivity index (χ0) is 15.4. The molecule has 0 unspecified atom stereocenters. The highest BCUT2D eigenvalue weighted by atomic mass is 79.9. The summed E-state index contributed by atoms with van der Waals surface area (Å²) in [6.07, 6.45) is 0. The molecule has 2 amide bonds. The van der Waals surface area contributed by atoms with E-state index in [0.717, 1.165) is 4.47 Å². The van der Waals surface area contributed by atoms with Crippen molar-refractivity contribution in [3.63, 3.8) is 0 Å². The maximum Gasteiger partial charge on any atom is 0.335 e. The van der Waals surface area contributed by atoms with Gasteiger partial charge in [0.2, 0.25) is 0 Å². The number of aromatic carboxylic acids is 1. The minimum absolute atomic E-state index is 0.0526. The number of nitrogens with one attached hydrogen (secondary N) is 2. The Morgan fingerprint density at radius 2 is 1.71 bits per heavy atom. The maximum absolute atomic E-state index is 11.9. The summed E-state index contributed by atoms with van der Waals surface area (Å²) >= 11 is 9.25. The largest absolute Gasteiger partial charge is 0.478 e. The number of carboxylic acid groups (broad SMARTS) is 1. The zero-order valence-corrected chi connectivity index (χ0v) is 12.9. The van der Waals surface area contributed by atoms with Gasteiger partial charge in [-0.1, -0.05) is 23.7 Å². The van der Waals surface area contributed by atoms with Gasteiger partial charge >= 0.3 is 12.0 Å². The number of benzene rings is 2. The van der Waals surface area contributed by atoms with Crippen molar-refractivity contribution in [2.24, 2.45) is 0 Å². The smallest absolute Gasteiger partial charge is 0.335 e. The molecule has 0 aliphatic rings. The third kappa shape index (κ3) is 3.96. The molecule has 0 aliphatic heterocycles. The third-order valence-electron chi connectivity index (χ3n) is 2.59. The molecule has 2 rings (SSSR count). The van der Waals surface area contributed by atoms with Gasteiger partial charge in [-0.2, -0.15) is 0 Å². The Kier molecular flexibility index (Phi) is 4.82. The van der Waals surface area contributed by atoms with Crippen LogP contribution in [0.5, 0.6) is 0 Å². The average molecular weight is 370 g/mol. The number of halogens is 2. The predicted octanol–water partition coefficient (Wildman–Crippen LogP) is 4.44. The van der Waals surface area contributed by atoms with Gasteiger partial charge in [-0.05, 0) is 46.3 Å². The normalized spacial score (nSPS) is 10.0. The van der Waals surface area contributed by atoms with Crippen molar-refractivity contribution in [2.75, 3.05) is 10.6 Å². The Labute approximate surface area is 134 Å². The van der Waals surface area contributed by atoms with Gasteiger partial charge in [0.15, 0.2) is 0 Å². The molecule has 5 nitrogen and oxygen atoms in total. The lowest BCUT2D eigenvalue weighted by atomic mass is 10.2. The minimum Gasteiger partial charge on any atom is -0.478 e. The van der Waals surface area contributed by atoms with Crippen LogP contribution in [0, 0.1) is 0 Å². The van der Waals surface area contributed by atoms with Gasteiger partial charge < -0.3 is 15.7 Å². The van der Waals surface area contributed by atoms with Crippen LogP contribution in [0.1, 0.15) is 10.4 Å². The number of carbonyl (C=O) groups excluding carboxylic acids is 1. The van der Waals surface area contributed by atoms with Crippen LogP contribution in [-0.4, -0.2) is 17.1 Å². The Morgan fingerprint density at radius 1 is 1.05 bits per heavy atom. The number of urea groups is 1. The van der Waals surface area contributed by atoms with Gasteiger partial charge in [0.25, 0.3) is 0 Å². The topological polar surface area (TPSA) is 78.4 Å². The molecule has 7 heteroatoms. The van der Waals surface area contributed by atoms with Gasteiger partial charge in [-0.15, -0.1) is 0 Å². The number of rotatable bonds is 3. The average Bonchev–Trinajstić information content (AvgIpc) is 2.43. The van der Waals surface area contributed by atoms with Crippen molar-refractivity contribution >= 4 is 50.9 Å². The minimum atomic E-state index is -1.08.